The van der Waals surface area contributed by atoms with Crippen LogP contribution in [0, 0.1) is 11.3 Å². The van der Waals surface area contributed by atoms with Crippen LogP contribution in [0.5, 0.6) is 0 Å². The van der Waals surface area contributed by atoms with E-state index < -0.39 is 0 Å². The van der Waals surface area contributed by atoms with Crippen LogP contribution in [0.2, 0.25) is 0 Å². The third kappa shape index (κ3) is 1.52. The number of ketones is 1. The largest absolute Gasteiger partial charge is 0.348 e. The number of hydrogen-bond donors (Lipinski definition) is 0. The second-order valence-corrected chi connectivity index (χ2v) is 5.55. The van der Waals surface area contributed by atoms with Crippen LogP contribution in [0.25, 0.3) is 0 Å². The summed E-state index contributed by atoms with van der Waals surface area (Å²) in [5, 5.41) is 0. The van der Waals surface area contributed by atoms with E-state index in [-0.39, 0.29) is 5.79 Å². The van der Waals surface area contributed by atoms with Crippen LogP contribution in [0.3, 0.4) is 0 Å². The number of ether oxygens (including phenoxy) is 2. The van der Waals surface area contributed by atoms with Crippen molar-refractivity contribution in [2.24, 2.45) is 11.3 Å². The highest BCUT2D eigenvalue weighted by Gasteiger charge is 2.60. The van der Waals surface area contributed by atoms with E-state index in [4.69, 9.17) is 9.47 Å². The van der Waals surface area contributed by atoms with Gasteiger partial charge >= 0.3 is 0 Å². The molecule has 2 saturated carbocycles. The molecule has 3 nitrogen and oxygen atoms in total. The van der Waals surface area contributed by atoms with E-state index in [0.29, 0.717) is 23.5 Å². The van der Waals surface area contributed by atoms with E-state index in [9.17, 15) is 4.79 Å². The number of carbonyl (C=O) groups excluding carboxylic acids is 1. The van der Waals surface area contributed by atoms with Crippen molar-refractivity contribution >= 4 is 5.78 Å². The Hall–Kier alpha value is -0.410. The topological polar surface area (TPSA) is 35.5 Å². The van der Waals surface area contributed by atoms with Gasteiger partial charge in [0.1, 0.15) is 5.78 Å². The lowest BCUT2D eigenvalue weighted by Crippen LogP contribution is -2.36. The zero-order chi connectivity index (χ0) is 11.2. The molecule has 1 unspecified atom stereocenters. The summed E-state index contributed by atoms with van der Waals surface area (Å²) >= 11 is 0. The first-order valence-corrected chi connectivity index (χ1v) is 6.50. The predicted molar refractivity (Wildman–Crippen MR) is 58.9 cm³/mol. The molecule has 0 amide bonds. The van der Waals surface area contributed by atoms with Gasteiger partial charge in [-0.15, -0.1) is 0 Å². The van der Waals surface area contributed by atoms with Crippen molar-refractivity contribution < 1.29 is 14.3 Å². The smallest absolute Gasteiger partial charge is 0.168 e. The Morgan fingerprint density at radius 1 is 1.19 bits per heavy atom. The molecular formula is C13H20O3. The predicted octanol–water partition coefficient (Wildman–Crippen LogP) is 2.29. The van der Waals surface area contributed by atoms with Gasteiger partial charge in [-0.25, -0.2) is 0 Å². The SMILES string of the molecule is CCC(=O)C1CC12CCC1(CC2)OCCO1. The van der Waals surface area contributed by atoms with Crippen molar-refractivity contribution in [1.82, 2.24) is 0 Å². The molecule has 0 bridgehead atoms. The van der Waals surface area contributed by atoms with Crippen LogP contribution in [0.4, 0.5) is 0 Å². The molecule has 0 aromatic carbocycles. The van der Waals surface area contributed by atoms with Crippen molar-refractivity contribution in [1.29, 1.82) is 0 Å². The summed E-state index contributed by atoms with van der Waals surface area (Å²) in [5.74, 6) is 0.550. The van der Waals surface area contributed by atoms with Crippen LogP contribution >= 0.6 is 0 Å². The maximum Gasteiger partial charge on any atom is 0.168 e. The molecule has 90 valence electrons. The molecule has 1 saturated heterocycles. The van der Waals surface area contributed by atoms with Gasteiger partial charge in [-0.05, 0) is 24.7 Å². The zero-order valence-electron chi connectivity index (χ0n) is 9.96. The average molecular weight is 224 g/mol. The molecule has 1 heterocycles. The number of Topliss-reactive ketones (excluding diaryl/α,β-unsaturated/α-hetero) is 1. The molecule has 1 aliphatic heterocycles. The van der Waals surface area contributed by atoms with Gasteiger partial charge in [0.15, 0.2) is 5.79 Å². The minimum Gasteiger partial charge on any atom is -0.348 e. The highest BCUT2D eigenvalue weighted by molar-refractivity contribution is 5.84. The van der Waals surface area contributed by atoms with Gasteiger partial charge in [0.2, 0.25) is 0 Å². The molecule has 3 heteroatoms. The third-order valence-corrected chi connectivity index (χ3v) is 4.75. The molecule has 0 radical (unpaired) electrons. The van der Waals surface area contributed by atoms with Gasteiger partial charge < -0.3 is 9.47 Å². The Kier molecular flexibility index (Phi) is 2.37. The quantitative estimate of drug-likeness (QED) is 0.722. The number of hydrogen-bond acceptors (Lipinski definition) is 3. The van der Waals surface area contributed by atoms with Crippen LogP contribution in [0.15, 0.2) is 0 Å². The molecular weight excluding hydrogens is 204 g/mol. The molecule has 2 spiro atoms. The molecule has 1 atom stereocenters. The Bertz CT molecular complexity index is 294. The highest BCUT2D eigenvalue weighted by Crippen LogP contribution is 2.63. The second-order valence-electron chi connectivity index (χ2n) is 5.55. The number of rotatable bonds is 2. The summed E-state index contributed by atoms with van der Waals surface area (Å²) < 4.78 is 11.4. The van der Waals surface area contributed by atoms with Gasteiger partial charge in [-0.2, -0.15) is 0 Å². The Labute approximate surface area is 96.5 Å². The zero-order valence-corrected chi connectivity index (χ0v) is 9.96. The Balaban J connectivity index is 1.61. The fraction of sp³-hybridized carbons (Fsp3) is 0.923. The van der Waals surface area contributed by atoms with E-state index in [1.807, 2.05) is 6.92 Å². The lowest BCUT2D eigenvalue weighted by molar-refractivity contribution is -0.185. The van der Waals surface area contributed by atoms with Gasteiger partial charge in [0.05, 0.1) is 13.2 Å². The van der Waals surface area contributed by atoms with E-state index in [0.717, 1.165) is 45.3 Å². The van der Waals surface area contributed by atoms with Crippen molar-refractivity contribution in [2.45, 2.75) is 51.2 Å². The van der Waals surface area contributed by atoms with Crippen LogP contribution in [-0.2, 0) is 14.3 Å². The Morgan fingerprint density at radius 3 is 2.38 bits per heavy atom. The van der Waals surface area contributed by atoms with E-state index in [2.05, 4.69) is 0 Å². The fourth-order valence-electron chi connectivity index (χ4n) is 3.52. The lowest BCUT2D eigenvalue weighted by atomic mass is 9.80. The average Bonchev–Trinajstić information content (AvgIpc) is 2.84. The summed E-state index contributed by atoms with van der Waals surface area (Å²) in [6, 6.07) is 0. The van der Waals surface area contributed by atoms with E-state index in [1.165, 1.54) is 0 Å². The normalized spacial score (nSPS) is 34.4. The summed E-state index contributed by atoms with van der Waals surface area (Å²) in [5.41, 5.74) is 0.341. The summed E-state index contributed by atoms with van der Waals surface area (Å²) in [7, 11) is 0. The summed E-state index contributed by atoms with van der Waals surface area (Å²) in [4.78, 5) is 11.7. The van der Waals surface area contributed by atoms with Crippen molar-refractivity contribution in [3.8, 4) is 0 Å². The Morgan fingerprint density at radius 2 is 1.81 bits per heavy atom. The summed E-state index contributed by atoms with van der Waals surface area (Å²) in [6.07, 6.45) is 6.02. The standard InChI is InChI=1S/C13H20O3/c1-2-11(14)10-9-12(10)3-5-13(6-4-12)15-7-8-16-13/h10H,2-9H2,1H3. The lowest BCUT2D eigenvalue weighted by Gasteiger charge is -2.36. The maximum absolute atomic E-state index is 11.7. The molecule has 0 aromatic rings. The molecule has 0 N–H and O–H groups in total. The van der Waals surface area contributed by atoms with Crippen LogP contribution in [-0.4, -0.2) is 24.8 Å². The fourth-order valence-corrected chi connectivity index (χ4v) is 3.52. The van der Waals surface area contributed by atoms with Crippen LogP contribution in [0.1, 0.15) is 45.4 Å². The minimum absolute atomic E-state index is 0.270. The molecule has 3 fully saturated rings. The first-order chi connectivity index (χ1) is 7.70. The second kappa shape index (κ2) is 3.54. The van der Waals surface area contributed by atoms with Crippen molar-refractivity contribution in [3.63, 3.8) is 0 Å². The molecule has 0 aromatic heterocycles. The highest BCUT2D eigenvalue weighted by atomic mass is 16.7. The van der Waals surface area contributed by atoms with Crippen molar-refractivity contribution in [2.75, 3.05) is 13.2 Å². The van der Waals surface area contributed by atoms with E-state index in [1.54, 1.807) is 0 Å². The van der Waals surface area contributed by atoms with Crippen LogP contribution < -0.4 is 0 Å². The summed E-state index contributed by atoms with van der Waals surface area (Å²) in [6.45, 7) is 3.45. The number of carbonyl (C=O) groups is 1. The van der Waals surface area contributed by atoms with Gasteiger partial charge in [0, 0.05) is 25.2 Å². The van der Waals surface area contributed by atoms with Gasteiger partial charge in [0.25, 0.3) is 0 Å². The van der Waals surface area contributed by atoms with Gasteiger partial charge in [-0.1, -0.05) is 6.92 Å². The first-order valence-electron chi connectivity index (χ1n) is 6.50. The monoisotopic (exact) mass is 224 g/mol. The van der Waals surface area contributed by atoms with Gasteiger partial charge in [-0.3, -0.25) is 4.79 Å². The maximum atomic E-state index is 11.7. The molecule has 16 heavy (non-hydrogen) atoms. The van der Waals surface area contributed by atoms with E-state index >= 15 is 0 Å². The molecule has 3 rings (SSSR count). The molecule has 2 aliphatic carbocycles. The first kappa shape index (κ1) is 10.7. The molecule has 3 aliphatic rings. The minimum atomic E-state index is -0.270. The van der Waals surface area contributed by atoms with Crippen molar-refractivity contribution in [3.05, 3.63) is 0 Å². The third-order valence-electron chi connectivity index (χ3n) is 4.75.